The molecule has 2 N–H and O–H groups in total. The molecule has 1 heterocycles. The van der Waals surface area contributed by atoms with Gasteiger partial charge in [0.1, 0.15) is 5.70 Å². The largest absolute Gasteiger partial charge is 0.321 e. The van der Waals surface area contributed by atoms with E-state index in [2.05, 4.69) is 10.6 Å². The van der Waals surface area contributed by atoms with E-state index in [0.717, 1.165) is 5.56 Å². The van der Waals surface area contributed by atoms with E-state index in [1.807, 2.05) is 16.8 Å². The Kier molecular flexibility index (Phi) is 8.24. The van der Waals surface area contributed by atoms with E-state index in [1.165, 1.54) is 6.08 Å². The number of benzene rings is 3. The van der Waals surface area contributed by atoms with Gasteiger partial charge < -0.3 is 10.6 Å². The molecular formula is C29H21ClN2O3S. The van der Waals surface area contributed by atoms with Crippen LogP contribution in [-0.2, 0) is 4.79 Å². The number of hydrogen-bond acceptors (Lipinski definition) is 4. The van der Waals surface area contributed by atoms with Crippen LogP contribution < -0.4 is 10.6 Å². The molecule has 0 fully saturated rings. The Hall–Kier alpha value is -4.26. The Bertz CT molecular complexity index is 1410. The second-order valence-electron chi connectivity index (χ2n) is 7.72. The van der Waals surface area contributed by atoms with Crippen molar-refractivity contribution in [2.24, 2.45) is 0 Å². The first-order chi connectivity index (χ1) is 17.5. The molecule has 178 valence electrons. The zero-order chi connectivity index (χ0) is 25.3. The first-order valence-corrected chi connectivity index (χ1v) is 12.3. The highest BCUT2D eigenvalue weighted by Gasteiger charge is 2.15. The quantitative estimate of drug-likeness (QED) is 0.203. The minimum absolute atomic E-state index is 0.0602. The molecule has 0 bridgehead atoms. The van der Waals surface area contributed by atoms with Crippen LogP contribution in [0.4, 0.5) is 5.69 Å². The summed E-state index contributed by atoms with van der Waals surface area (Å²) >= 11 is 7.53. The maximum Gasteiger partial charge on any atom is 0.272 e. The SMILES string of the molecule is O=C(Nc1ccc(C(=O)/C=C/c2ccsc2)cc1)/C(=C/c1ccc(Cl)cc1)NC(=O)c1ccccc1. The number of carbonyl (C=O) groups excluding carboxylic acids is 3. The summed E-state index contributed by atoms with van der Waals surface area (Å²) in [6, 6.07) is 24.0. The lowest BCUT2D eigenvalue weighted by Crippen LogP contribution is -2.30. The molecule has 0 aliphatic heterocycles. The number of ketones is 1. The molecule has 0 radical (unpaired) electrons. The predicted octanol–water partition coefficient (Wildman–Crippen LogP) is 6.71. The van der Waals surface area contributed by atoms with Gasteiger partial charge in [0.2, 0.25) is 0 Å². The third-order valence-electron chi connectivity index (χ3n) is 5.11. The normalized spacial score (nSPS) is 11.3. The van der Waals surface area contributed by atoms with E-state index in [0.29, 0.717) is 27.4 Å². The number of nitrogens with one attached hydrogen (secondary N) is 2. The topological polar surface area (TPSA) is 75.3 Å². The van der Waals surface area contributed by atoms with Gasteiger partial charge >= 0.3 is 0 Å². The van der Waals surface area contributed by atoms with Crippen molar-refractivity contribution in [2.45, 2.75) is 0 Å². The highest BCUT2D eigenvalue weighted by molar-refractivity contribution is 7.08. The van der Waals surface area contributed by atoms with Crippen LogP contribution in [0.2, 0.25) is 5.02 Å². The summed E-state index contributed by atoms with van der Waals surface area (Å²) in [5, 5.41) is 9.92. The monoisotopic (exact) mass is 512 g/mol. The second kappa shape index (κ2) is 11.9. The van der Waals surface area contributed by atoms with Gasteiger partial charge in [0, 0.05) is 21.8 Å². The second-order valence-corrected chi connectivity index (χ2v) is 8.93. The zero-order valence-corrected chi connectivity index (χ0v) is 20.6. The minimum Gasteiger partial charge on any atom is -0.321 e. The lowest BCUT2D eigenvalue weighted by atomic mass is 10.1. The van der Waals surface area contributed by atoms with E-state index >= 15 is 0 Å². The summed E-state index contributed by atoms with van der Waals surface area (Å²) in [6.45, 7) is 0. The van der Waals surface area contributed by atoms with Crippen LogP contribution in [0.15, 0.2) is 107 Å². The third kappa shape index (κ3) is 6.88. The van der Waals surface area contributed by atoms with Crippen LogP contribution in [-0.4, -0.2) is 17.6 Å². The molecule has 3 aromatic carbocycles. The van der Waals surface area contributed by atoms with Gasteiger partial charge in [-0.05, 0) is 88.6 Å². The van der Waals surface area contributed by atoms with E-state index in [-0.39, 0.29) is 11.5 Å². The molecular weight excluding hydrogens is 492 g/mol. The number of hydrogen-bond donors (Lipinski definition) is 2. The molecule has 0 unspecified atom stereocenters. The van der Waals surface area contributed by atoms with Crippen molar-refractivity contribution in [3.05, 3.63) is 135 Å². The van der Waals surface area contributed by atoms with Crippen molar-refractivity contribution in [2.75, 3.05) is 5.32 Å². The summed E-state index contributed by atoms with van der Waals surface area (Å²) in [6.07, 6.45) is 4.85. The molecule has 4 aromatic rings. The maximum atomic E-state index is 13.1. The Morgan fingerprint density at radius 3 is 2.17 bits per heavy atom. The number of halogens is 1. The number of thiophene rings is 1. The molecule has 0 spiro atoms. The summed E-state index contributed by atoms with van der Waals surface area (Å²) in [7, 11) is 0. The Balaban J connectivity index is 1.50. The van der Waals surface area contributed by atoms with Crippen LogP contribution in [0.3, 0.4) is 0 Å². The third-order valence-corrected chi connectivity index (χ3v) is 6.06. The zero-order valence-electron chi connectivity index (χ0n) is 19.0. The number of rotatable bonds is 8. The number of amides is 2. The van der Waals surface area contributed by atoms with Crippen LogP contribution in [0.1, 0.15) is 31.8 Å². The van der Waals surface area contributed by atoms with E-state index in [9.17, 15) is 14.4 Å². The smallest absolute Gasteiger partial charge is 0.272 e. The molecule has 0 saturated carbocycles. The lowest BCUT2D eigenvalue weighted by Gasteiger charge is -2.12. The predicted molar refractivity (Wildman–Crippen MR) is 146 cm³/mol. The fraction of sp³-hybridized carbons (Fsp3) is 0. The van der Waals surface area contributed by atoms with Gasteiger partial charge in [-0.3, -0.25) is 14.4 Å². The van der Waals surface area contributed by atoms with Crippen molar-refractivity contribution < 1.29 is 14.4 Å². The van der Waals surface area contributed by atoms with E-state index < -0.39 is 11.8 Å². The average molecular weight is 513 g/mol. The van der Waals surface area contributed by atoms with E-state index in [4.69, 9.17) is 11.6 Å². The molecule has 0 aliphatic carbocycles. The Morgan fingerprint density at radius 2 is 1.50 bits per heavy atom. The van der Waals surface area contributed by atoms with Crippen molar-refractivity contribution in [1.29, 1.82) is 0 Å². The summed E-state index contributed by atoms with van der Waals surface area (Å²) in [5.74, 6) is -1.06. The van der Waals surface area contributed by atoms with Gasteiger partial charge in [-0.15, -0.1) is 0 Å². The van der Waals surface area contributed by atoms with Crippen LogP contribution in [0, 0.1) is 0 Å². The lowest BCUT2D eigenvalue weighted by molar-refractivity contribution is -0.113. The van der Waals surface area contributed by atoms with Gasteiger partial charge in [-0.25, -0.2) is 0 Å². The highest BCUT2D eigenvalue weighted by atomic mass is 35.5. The standard InChI is InChI=1S/C29H21ClN2O3S/c30-24-11-6-20(7-12-24)18-26(32-28(34)23-4-2-1-3-5-23)29(35)31-25-13-9-22(10-14-25)27(33)15-8-21-16-17-36-19-21/h1-19H,(H,31,35)(H,32,34)/b15-8+,26-18-. The van der Waals surface area contributed by atoms with Crippen LogP contribution in [0.5, 0.6) is 0 Å². The fourth-order valence-electron chi connectivity index (χ4n) is 3.22. The highest BCUT2D eigenvalue weighted by Crippen LogP contribution is 2.16. The fourth-order valence-corrected chi connectivity index (χ4v) is 3.98. The summed E-state index contributed by atoms with van der Waals surface area (Å²) < 4.78 is 0. The Labute approximate surface area is 217 Å². The molecule has 36 heavy (non-hydrogen) atoms. The minimum atomic E-state index is -0.509. The van der Waals surface area contributed by atoms with Crippen molar-refractivity contribution in [1.82, 2.24) is 5.32 Å². The Morgan fingerprint density at radius 1 is 0.778 bits per heavy atom. The molecule has 2 amide bonds. The van der Waals surface area contributed by atoms with Crippen molar-refractivity contribution in [3.63, 3.8) is 0 Å². The first-order valence-electron chi connectivity index (χ1n) is 11.0. The van der Waals surface area contributed by atoms with Gasteiger partial charge in [0.05, 0.1) is 0 Å². The molecule has 0 atom stereocenters. The molecule has 7 heteroatoms. The van der Waals surface area contributed by atoms with Gasteiger partial charge in [-0.1, -0.05) is 48.0 Å². The van der Waals surface area contributed by atoms with Crippen LogP contribution in [0.25, 0.3) is 12.2 Å². The molecule has 5 nitrogen and oxygen atoms in total. The number of anilines is 1. The van der Waals surface area contributed by atoms with Crippen molar-refractivity contribution >= 4 is 58.4 Å². The maximum absolute atomic E-state index is 13.1. The summed E-state index contributed by atoms with van der Waals surface area (Å²) in [5.41, 5.74) is 3.12. The van der Waals surface area contributed by atoms with Gasteiger partial charge in [0.15, 0.2) is 5.78 Å². The van der Waals surface area contributed by atoms with Gasteiger partial charge in [0.25, 0.3) is 11.8 Å². The van der Waals surface area contributed by atoms with Crippen LogP contribution >= 0.6 is 22.9 Å². The number of allylic oxidation sites excluding steroid dienone is 1. The first kappa shape index (κ1) is 24.9. The molecule has 1 aromatic heterocycles. The average Bonchev–Trinajstić information content (AvgIpc) is 3.43. The molecule has 0 aliphatic rings. The van der Waals surface area contributed by atoms with Crippen molar-refractivity contribution in [3.8, 4) is 0 Å². The van der Waals surface area contributed by atoms with Gasteiger partial charge in [-0.2, -0.15) is 11.3 Å². The van der Waals surface area contributed by atoms with E-state index in [1.54, 1.807) is 102 Å². The molecule has 0 saturated heterocycles. The summed E-state index contributed by atoms with van der Waals surface area (Å²) in [4.78, 5) is 38.3. The molecule has 4 rings (SSSR count). The number of carbonyl (C=O) groups is 3.